The molecule has 0 saturated heterocycles. The highest BCUT2D eigenvalue weighted by atomic mass is 16.5. The Balaban J connectivity index is 2.32. The van der Waals surface area contributed by atoms with E-state index in [0.29, 0.717) is 13.2 Å². The summed E-state index contributed by atoms with van der Waals surface area (Å²) in [5.74, 6) is 0.349. The summed E-state index contributed by atoms with van der Waals surface area (Å²) in [6.07, 6.45) is 7.15. The maximum Gasteiger partial charge on any atom is 0.233 e. The Morgan fingerprint density at radius 3 is 3.00 bits per heavy atom. The Kier molecular flexibility index (Phi) is 4.66. The van der Waals surface area contributed by atoms with Gasteiger partial charge < -0.3 is 9.64 Å². The minimum absolute atomic E-state index is 0.117. The molecule has 0 aromatic heterocycles. The Hall–Kier alpha value is -0.830. The van der Waals surface area contributed by atoms with Crippen molar-refractivity contribution in [2.45, 2.75) is 26.2 Å². The van der Waals surface area contributed by atoms with Gasteiger partial charge in [-0.25, -0.2) is 0 Å². The van der Waals surface area contributed by atoms with Crippen LogP contribution in [0.25, 0.3) is 0 Å². The summed E-state index contributed by atoms with van der Waals surface area (Å²) in [5, 5.41) is 0. The number of ether oxygens (including phenoxy) is 1. The summed E-state index contributed by atoms with van der Waals surface area (Å²) < 4.78 is 4.94. The van der Waals surface area contributed by atoms with Crippen molar-refractivity contribution in [1.82, 2.24) is 4.90 Å². The number of hydrogen-bond donors (Lipinski definition) is 0. The summed E-state index contributed by atoms with van der Waals surface area (Å²) in [6, 6.07) is 0. The van der Waals surface area contributed by atoms with Crippen LogP contribution in [0, 0.1) is 5.92 Å². The van der Waals surface area contributed by atoms with Crippen molar-refractivity contribution in [2.75, 3.05) is 20.3 Å². The number of methoxy groups -OCH3 is 1. The van der Waals surface area contributed by atoms with Crippen LogP contribution < -0.4 is 0 Å². The first-order valence-corrected chi connectivity index (χ1v) is 5.27. The molecular weight excluding hydrogens is 178 g/mol. The smallest absolute Gasteiger partial charge is 0.233 e. The molecule has 1 rings (SSSR count). The zero-order chi connectivity index (χ0) is 10.4. The average Bonchev–Trinajstić information content (AvgIpc) is 2.54. The molecule has 1 unspecified atom stereocenters. The Morgan fingerprint density at radius 1 is 1.57 bits per heavy atom. The first kappa shape index (κ1) is 11.2. The maximum absolute atomic E-state index is 11.7. The second kappa shape index (κ2) is 5.81. The predicted octanol–water partition coefficient (Wildman–Crippen LogP) is 1.80. The van der Waals surface area contributed by atoms with Crippen LogP contribution in [0.4, 0.5) is 0 Å². The minimum atomic E-state index is 0.117. The van der Waals surface area contributed by atoms with Crippen LogP contribution in [0.2, 0.25) is 0 Å². The number of rotatable bonds is 6. The third-order valence-electron chi connectivity index (χ3n) is 2.50. The van der Waals surface area contributed by atoms with Gasteiger partial charge in [0.1, 0.15) is 0 Å². The molecule has 3 heteroatoms. The number of nitrogens with zero attached hydrogens (tertiary/aromatic N) is 1. The zero-order valence-corrected chi connectivity index (χ0v) is 9.03. The van der Waals surface area contributed by atoms with E-state index in [9.17, 15) is 4.79 Å². The molecule has 80 valence electrons. The Labute approximate surface area is 85.7 Å². The molecule has 1 atom stereocenters. The van der Waals surface area contributed by atoms with E-state index in [1.54, 1.807) is 12.0 Å². The van der Waals surface area contributed by atoms with Crippen molar-refractivity contribution in [1.29, 1.82) is 0 Å². The van der Waals surface area contributed by atoms with Gasteiger partial charge in [0.25, 0.3) is 0 Å². The van der Waals surface area contributed by atoms with Gasteiger partial charge in [-0.3, -0.25) is 4.79 Å². The molecular formula is C11H19NO2. The molecule has 0 spiro atoms. The molecule has 0 N–H and O–H groups in total. The summed E-state index contributed by atoms with van der Waals surface area (Å²) in [6.45, 7) is 3.43. The first-order chi connectivity index (χ1) is 6.79. The molecule has 1 aliphatic rings. The summed E-state index contributed by atoms with van der Waals surface area (Å²) in [4.78, 5) is 13.5. The number of carbonyl (C=O) groups excluding carboxylic acids is 1. The monoisotopic (exact) mass is 197 g/mol. The molecule has 0 radical (unpaired) electrons. The van der Waals surface area contributed by atoms with E-state index >= 15 is 0 Å². The fraction of sp³-hybridized carbons (Fsp3) is 0.727. The first-order valence-electron chi connectivity index (χ1n) is 5.27. The highest BCUT2D eigenvalue weighted by molar-refractivity contribution is 5.84. The fourth-order valence-electron chi connectivity index (χ4n) is 1.59. The van der Waals surface area contributed by atoms with Crippen LogP contribution in [0.1, 0.15) is 26.2 Å². The lowest BCUT2D eigenvalue weighted by Gasteiger charge is -2.15. The van der Waals surface area contributed by atoms with E-state index in [2.05, 4.69) is 6.92 Å². The topological polar surface area (TPSA) is 29.5 Å². The maximum atomic E-state index is 11.7. The minimum Gasteiger partial charge on any atom is -0.383 e. The summed E-state index contributed by atoms with van der Waals surface area (Å²) in [5.41, 5.74) is 0. The molecule has 0 bridgehead atoms. The highest BCUT2D eigenvalue weighted by Crippen LogP contribution is 2.19. The van der Waals surface area contributed by atoms with Gasteiger partial charge in [0, 0.05) is 19.9 Å². The van der Waals surface area contributed by atoms with Gasteiger partial charge in [0.2, 0.25) is 5.91 Å². The van der Waals surface area contributed by atoms with E-state index in [1.807, 2.05) is 12.3 Å². The molecule has 0 fully saturated rings. The second-order valence-electron chi connectivity index (χ2n) is 3.61. The van der Waals surface area contributed by atoms with E-state index < -0.39 is 0 Å². The highest BCUT2D eigenvalue weighted by Gasteiger charge is 2.25. The molecule has 14 heavy (non-hydrogen) atoms. The van der Waals surface area contributed by atoms with Crippen LogP contribution in [0.3, 0.4) is 0 Å². The van der Waals surface area contributed by atoms with Crippen LogP contribution in [0.15, 0.2) is 12.3 Å². The van der Waals surface area contributed by atoms with Gasteiger partial charge in [-0.15, -0.1) is 0 Å². The Bertz CT molecular complexity index is 193. The molecule has 1 amide bonds. The van der Waals surface area contributed by atoms with Crippen molar-refractivity contribution in [3.8, 4) is 0 Å². The van der Waals surface area contributed by atoms with Gasteiger partial charge in [-0.05, 0) is 6.42 Å². The van der Waals surface area contributed by atoms with Gasteiger partial charge in [-0.1, -0.05) is 25.8 Å². The van der Waals surface area contributed by atoms with E-state index in [-0.39, 0.29) is 11.8 Å². The lowest BCUT2D eigenvalue weighted by Crippen LogP contribution is -2.28. The molecule has 0 aliphatic carbocycles. The van der Waals surface area contributed by atoms with Crippen molar-refractivity contribution >= 4 is 5.91 Å². The summed E-state index contributed by atoms with van der Waals surface area (Å²) >= 11 is 0. The van der Waals surface area contributed by atoms with E-state index in [0.717, 1.165) is 19.3 Å². The van der Waals surface area contributed by atoms with Gasteiger partial charge >= 0.3 is 0 Å². The molecule has 1 aliphatic heterocycles. The van der Waals surface area contributed by atoms with Crippen molar-refractivity contribution in [3.63, 3.8) is 0 Å². The lowest BCUT2D eigenvalue weighted by atomic mass is 10.0. The molecule has 0 saturated carbocycles. The van der Waals surface area contributed by atoms with Gasteiger partial charge in [0.05, 0.1) is 12.5 Å². The van der Waals surface area contributed by atoms with Crippen LogP contribution >= 0.6 is 0 Å². The number of unbranched alkanes of at least 4 members (excludes halogenated alkanes) is 1. The molecule has 1 heterocycles. The SMILES string of the molecule is CCCCC1C=CN(CCOC)C1=O. The third kappa shape index (κ3) is 2.84. The third-order valence-corrected chi connectivity index (χ3v) is 2.50. The normalized spacial score (nSPS) is 20.9. The van der Waals surface area contributed by atoms with Crippen LogP contribution in [-0.4, -0.2) is 31.1 Å². The van der Waals surface area contributed by atoms with E-state index in [4.69, 9.17) is 4.74 Å². The van der Waals surface area contributed by atoms with Crippen molar-refractivity contribution in [3.05, 3.63) is 12.3 Å². The van der Waals surface area contributed by atoms with Crippen LogP contribution in [-0.2, 0) is 9.53 Å². The lowest BCUT2D eigenvalue weighted by molar-refractivity contribution is -0.130. The number of amides is 1. The van der Waals surface area contributed by atoms with E-state index in [1.165, 1.54) is 0 Å². The van der Waals surface area contributed by atoms with Gasteiger partial charge in [0.15, 0.2) is 0 Å². The quantitative estimate of drug-likeness (QED) is 0.649. The summed E-state index contributed by atoms with van der Waals surface area (Å²) in [7, 11) is 1.65. The Morgan fingerprint density at radius 2 is 2.36 bits per heavy atom. The predicted molar refractivity (Wildman–Crippen MR) is 55.7 cm³/mol. The second-order valence-corrected chi connectivity index (χ2v) is 3.61. The molecule has 0 aromatic rings. The average molecular weight is 197 g/mol. The molecule has 0 aromatic carbocycles. The number of hydrogen-bond acceptors (Lipinski definition) is 2. The largest absolute Gasteiger partial charge is 0.383 e. The zero-order valence-electron chi connectivity index (χ0n) is 9.03. The number of carbonyl (C=O) groups is 1. The fourth-order valence-corrected chi connectivity index (χ4v) is 1.59. The standard InChI is InChI=1S/C11H19NO2/c1-3-4-5-10-6-7-12(11(10)13)8-9-14-2/h6-7,10H,3-5,8-9H2,1-2H3. The van der Waals surface area contributed by atoms with Crippen molar-refractivity contribution < 1.29 is 9.53 Å². The van der Waals surface area contributed by atoms with Crippen LogP contribution in [0.5, 0.6) is 0 Å². The van der Waals surface area contributed by atoms with Gasteiger partial charge in [-0.2, -0.15) is 0 Å². The van der Waals surface area contributed by atoms with Crippen molar-refractivity contribution in [2.24, 2.45) is 5.92 Å². The molecule has 3 nitrogen and oxygen atoms in total.